The van der Waals surface area contributed by atoms with Crippen molar-refractivity contribution in [2.45, 2.75) is 6.18 Å². The second-order valence-corrected chi connectivity index (χ2v) is 3.10. The minimum Gasteiger partial charge on any atom is -0.166 e. The van der Waals surface area contributed by atoms with Crippen LogP contribution in [0.3, 0.4) is 0 Å². The number of hydrogen-bond acceptors (Lipinski definition) is 0. The van der Waals surface area contributed by atoms with Gasteiger partial charge in [-0.25, -0.2) is 0 Å². The van der Waals surface area contributed by atoms with E-state index >= 15 is 0 Å². The van der Waals surface area contributed by atoms with E-state index in [-0.39, 0.29) is 0 Å². The van der Waals surface area contributed by atoms with Gasteiger partial charge in [0.2, 0.25) is 0 Å². The van der Waals surface area contributed by atoms with E-state index in [0.717, 1.165) is 12.1 Å². The minimum atomic E-state index is -4.29. The predicted molar refractivity (Wildman–Crippen MR) is 59.8 cm³/mol. The molecular formula is C13H11F3. The number of halogens is 3. The molecule has 1 rings (SSSR count). The summed E-state index contributed by atoms with van der Waals surface area (Å²) in [6.07, 6.45) is 3.97. The van der Waals surface area contributed by atoms with Crippen LogP contribution in [0.15, 0.2) is 55.1 Å². The van der Waals surface area contributed by atoms with Crippen LogP contribution in [0, 0.1) is 0 Å². The van der Waals surface area contributed by atoms with Gasteiger partial charge in [0.05, 0.1) is 5.56 Å². The summed E-state index contributed by atoms with van der Waals surface area (Å²) in [6, 6.07) is 5.17. The molecular weight excluding hydrogens is 213 g/mol. The number of hydrogen-bond donors (Lipinski definition) is 0. The van der Waals surface area contributed by atoms with Crippen LogP contribution in [0.25, 0.3) is 6.08 Å². The van der Waals surface area contributed by atoms with Crippen LogP contribution < -0.4 is 0 Å². The van der Waals surface area contributed by atoms with Crippen LogP contribution in [-0.4, -0.2) is 0 Å². The molecule has 0 bridgehead atoms. The van der Waals surface area contributed by atoms with E-state index in [1.807, 2.05) is 0 Å². The van der Waals surface area contributed by atoms with Crippen LogP contribution in [0.5, 0.6) is 0 Å². The summed E-state index contributed by atoms with van der Waals surface area (Å²) in [7, 11) is 0. The molecule has 0 nitrogen and oxygen atoms in total. The van der Waals surface area contributed by atoms with Crippen LogP contribution in [0.2, 0.25) is 0 Å². The van der Waals surface area contributed by atoms with Gasteiger partial charge in [0.25, 0.3) is 0 Å². The summed E-state index contributed by atoms with van der Waals surface area (Å²) in [6.45, 7) is 3.48. The van der Waals surface area contributed by atoms with E-state index in [4.69, 9.17) is 0 Å². The Bertz CT molecular complexity index is 411. The fourth-order valence-corrected chi connectivity index (χ4v) is 1.13. The van der Waals surface area contributed by atoms with Crippen LogP contribution in [-0.2, 0) is 6.18 Å². The Labute approximate surface area is 92.4 Å². The molecule has 84 valence electrons. The third-order valence-electron chi connectivity index (χ3n) is 1.86. The molecule has 0 saturated heterocycles. The van der Waals surface area contributed by atoms with Gasteiger partial charge in [-0.2, -0.15) is 13.2 Å². The number of allylic oxidation sites excluding steroid dienone is 4. The fourth-order valence-electron chi connectivity index (χ4n) is 1.13. The Morgan fingerprint density at radius 3 is 2.44 bits per heavy atom. The molecule has 0 heterocycles. The highest BCUT2D eigenvalue weighted by atomic mass is 19.4. The molecule has 0 unspecified atom stereocenters. The van der Waals surface area contributed by atoms with E-state index in [2.05, 4.69) is 6.58 Å². The summed E-state index contributed by atoms with van der Waals surface area (Å²) in [5.74, 6) is 0. The van der Waals surface area contributed by atoms with Crippen molar-refractivity contribution < 1.29 is 13.2 Å². The van der Waals surface area contributed by atoms with Crippen molar-refractivity contribution in [2.75, 3.05) is 0 Å². The van der Waals surface area contributed by atoms with Gasteiger partial charge in [0.15, 0.2) is 0 Å². The lowest BCUT2D eigenvalue weighted by molar-refractivity contribution is -0.137. The van der Waals surface area contributed by atoms with E-state index in [1.165, 1.54) is 6.07 Å². The molecule has 0 aromatic heterocycles. The Balaban J connectivity index is 2.87. The Hall–Kier alpha value is -1.77. The maximum absolute atomic E-state index is 12.4. The molecule has 0 aliphatic rings. The van der Waals surface area contributed by atoms with E-state index in [9.17, 15) is 13.2 Å². The maximum Gasteiger partial charge on any atom is 0.416 e. The first-order valence-electron chi connectivity index (χ1n) is 4.67. The molecule has 3 heteroatoms. The van der Waals surface area contributed by atoms with Crippen LogP contribution in [0.1, 0.15) is 11.1 Å². The van der Waals surface area contributed by atoms with Crippen LogP contribution in [0.4, 0.5) is 13.2 Å². The van der Waals surface area contributed by atoms with Gasteiger partial charge in [-0.1, -0.05) is 49.1 Å². The van der Waals surface area contributed by atoms with Crippen molar-refractivity contribution >= 4 is 6.08 Å². The average Bonchev–Trinajstić information content (AvgIpc) is 2.24. The van der Waals surface area contributed by atoms with Gasteiger partial charge in [-0.05, 0) is 17.7 Å². The van der Waals surface area contributed by atoms with Gasteiger partial charge < -0.3 is 0 Å². The molecule has 0 spiro atoms. The number of rotatable bonds is 3. The highest BCUT2D eigenvalue weighted by Crippen LogP contribution is 2.29. The first-order valence-corrected chi connectivity index (χ1v) is 4.67. The smallest absolute Gasteiger partial charge is 0.166 e. The lowest BCUT2D eigenvalue weighted by atomic mass is 10.1. The Morgan fingerprint density at radius 1 is 1.06 bits per heavy atom. The van der Waals surface area contributed by atoms with E-state index < -0.39 is 11.7 Å². The predicted octanol–water partition coefficient (Wildman–Crippen LogP) is 4.46. The molecule has 1 aromatic carbocycles. The van der Waals surface area contributed by atoms with Crippen LogP contribution >= 0.6 is 0 Å². The normalized spacial score (nSPS) is 12.4. The monoisotopic (exact) mass is 224 g/mol. The van der Waals surface area contributed by atoms with E-state index in [0.29, 0.717) is 5.56 Å². The first kappa shape index (κ1) is 12.3. The second-order valence-electron chi connectivity index (χ2n) is 3.10. The molecule has 1 aromatic rings. The number of alkyl halides is 3. The van der Waals surface area contributed by atoms with Crippen molar-refractivity contribution in [1.29, 1.82) is 0 Å². The lowest BCUT2D eigenvalue weighted by Gasteiger charge is -2.06. The molecule has 0 amide bonds. The van der Waals surface area contributed by atoms with Gasteiger partial charge in [0, 0.05) is 0 Å². The molecule has 16 heavy (non-hydrogen) atoms. The largest absolute Gasteiger partial charge is 0.416 e. The van der Waals surface area contributed by atoms with Gasteiger partial charge >= 0.3 is 6.18 Å². The first-order chi connectivity index (χ1) is 7.54. The minimum absolute atomic E-state index is 0.517. The third-order valence-corrected chi connectivity index (χ3v) is 1.86. The topological polar surface area (TPSA) is 0 Å². The SMILES string of the molecule is C=CC=CC=Cc1cccc(C(F)(F)F)c1. The Morgan fingerprint density at radius 2 is 1.81 bits per heavy atom. The molecule has 0 saturated carbocycles. The quantitative estimate of drug-likeness (QED) is 0.665. The van der Waals surface area contributed by atoms with Crippen molar-refractivity contribution in [2.24, 2.45) is 0 Å². The molecule has 0 N–H and O–H groups in total. The highest BCUT2D eigenvalue weighted by Gasteiger charge is 2.30. The summed E-state index contributed by atoms with van der Waals surface area (Å²) in [4.78, 5) is 0. The highest BCUT2D eigenvalue weighted by molar-refractivity contribution is 5.52. The second kappa shape index (κ2) is 5.35. The standard InChI is InChI=1S/C13H11F3/c1-2-3-4-5-7-11-8-6-9-12(10-11)13(14,15)16/h2-10H,1H2. The molecule has 0 aliphatic carbocycles. The summed E-state index contributed by atoms with van der Waals surface area (Å²) >= 11 is 0. The third kappa shape index (κ3) is 3.77. The number of benzene rings is 1. The zero-order valence-corrected chi connectivity index (χ0v) is 8.54. The summed E-state index contributed by atoms with van der Waals surface area (Å²) in [5, 5.41) is 0. The van der Waals surface area contributed by atoms with Gasteiger partial charge in [-0.15, -0.1) is 0 Å². The Kier molecular flexibility index (Phi) is 4.11. The maximum atomic E-state index is 12.4. The van der Waals surface area contributed by atoms with E-state index in [1.54, 1.807) is 36.4 Å². The molecule has 0 radical (unpaired) electrons. The zero-order valence-electron chi connectivity index (χ0n) is 8.54. The van der Waals surface area contributed by atoms with Crippen molar-refractivity contribution in [1.82, 2.24) is 0 Å². The summed E-state index contributed by atoms with van der Waals surface area (Å²) in [5.41, 5.74) is -0.120. The molecule has 0 fully saturated rings. The van der Waals surface area contributed by atoms with Gasteiger partial charge in [0.1, 0.15) is 0 Å². The summed E-state index contributed by atoms with van der Waals surface area (Å²) < 4.78 is 37.1. The molecule has 0 atom stereocenters. The van der Waals surface area contributed by atoms with Crippen molar-refractivity contribution in [3.63, 3.8) is 0 Å². The van der Waals surface area contributed by atoms with Crippen molar-refractivity contribution in [3.8, 4) is 0 Å². The molecule has 0 aliphatic heterocycles. The van der Waals surface area contributed by atoms with Gasteiger partial charge in [-0.3, -0.25) is 0 Å². The van der Waals surface area contributed by atoms with Crippen molar-refractivity contribution in [3.05, 3.63) is 66.3 Å². The average molecular weight is 224 g/mol. The lowest BCUT2D eigenvalue weighted by Crippen LogP contribution is -2.04. The fraction of sp³-hybridized carbons (Fsp3) is 0.0769. The zero-order chi connectivity index (χ0) is 12.0.